The van der Waals surface area contributed by atoms with Gasteiger partial charge in [-0.2, -0.15) is 0 Å². The van der Waals surface area contributed by atoms with Crippen molar-refractivity contribution in [3.8, 4) is 44.5 Å². The summed E-state index contributed by atoms with van der Waals surface area (Å²) in [4.78, 5) is 5.08. The maximum absolute atomic E-state index is 7.63. The maximum atomic E-state index is 7.63. The van der Waals surface area contributed by atoms with Gasteiger partial charge >= 0.3 is 6.85 Å². The first kappa shape index (κ1) is 47.0. The lowest BCUT2D eigenvalue weighted by Crippen LogP contribution is -2.61. The molecule has 10 aromatic carbocycles. The SMILES string of the molecule is CC(C)(C)c1ccc(N2c3cc4c(oc5ccccc54)c4c3B(c3oc5ccc(-c6ccccc6)cc5c32)N(c2ccc(-c3ccccc3)cc2)c2cc3oc5cc6c(cc5c3cc2-4)C(C)(C)CCC6(C)C)c(-c2ccccc2)c1. The molecular weight excluding hydrogens is 976 g/mol. The summed E-state index contributed by atoms with van der Waals surface area (Å²) in [6, 6.07) is 75.8. The van der Waals surface area contributed by atoms with Crippen LogP contribution in [-0.2, 0) is 16.2 Å². The molecule has 0 unspecified atom stereocenters. The smallest absolute Gasteiger partial charge is 0.376 e. The molecule has 1 aliphatic carbocycles. The Balaban J connectivity index is 1.07. The average molecular weight is 1040 g/mol. The molecule has 0 saturated heterocycles. The van der Waals surface area contributed by atoms with Crippen LogP contribution >= 0.6 is 0 Å². The van der Waals surface area contributed by atoms with Gasteiger partial charge in [-0.3, -0.25) is 0 Å². The number of anilines is 5. The molecule has 0 atom stereocenters. The Hall–Kier alpha value is -9.00. The number of hydrogen-bond acceptors (Lipinski definition) is 5. The first-order valence-corrected chi connectivity index (χ1v) is 28.4. The Morgan fingerprint density at radius 3 is 1.74 bits per heavy atom. The number of para-hydroxylation sites is 1. The molecule has 2 aliphatic heterocycles. The van der Waals surface area contributed by atoms with Gasteiger partial charge in [0.05, 0.1) is 11.4 Å². The van der Waals surface area contributed by atoms with Crippen molar-refractivity contribution >= 4 is 101 Å². The molecule has 386 valence electrons. The molecule has 16 rings (SSSR count). The van der Waals surface area contributed by atoms with E-state index in [1.54, 1.807) is 0 Å². The van der Waals surface area contributed by atoms with Gasteiger partial charge in [0, 0.05) is 66.8 Å². The zero-order valence-electron chi connectivity index (χ0n) is 46.2. The van der Waals surface area contributed by atoms with Gasteiger partial charge in [0.1, 0.15) is 33.6 Å². The van der Waals surface area contributed by atoms with Crippen molar-refractivity contribution in [2.45, 2.75) is 77.6 Å². The third kappa shape index (κ3) is 6.90. The van der Waals surface area contributed by atoms with E-state index in [9.17, 15) is 0 Å². The Labute approximate surface area is 466 Å². The van der Waals surface area contributed by atoms with Crippen molar-refractivity contribution < 1.29 is 13.3 Å². The fraction of sp³-hybridized carbons (Fsp3) is 0.162. The van der Waals surface area contributed by atoms with Gasteiger partial charge in [-0.05, 0) is 146 Å². The van der Waals surface area contributed by atoms with E-state index in [-0.39, 0.29) is 16.2 Å². The monoisotopic (exact) mass is 1030 g/mol. The highest BCUT2D eigenvalue weighted by Gasteiger charge is 2.50. The second-order valence-electron chi connectivity index (χ2n) is 25.0. The van der Waals surface area contributed by atoms with Crippen molar-refractivity contribution in [3.05, 3.63) is 223 Å². The Morgan fingerprint density at radius 2 is 1.02 bits per heavy atom. The predicted molar refractivity (Wildman–Crippen MR) is 335 cm³/mol. The normalized spacial score (nSPS) is 15.2. The van der Waals surface area contributed by atoms with E-state index in [0.717, 1.165) is 146 Å². The van der Waals surface area contributed by atoms with Gasteiger partial charge in [0.25, 0.3) is 0 Å². The first-order valence-electron chi connectivity index (χ1n) is 28.4. The number of benzene rings is 10. The molecule has 80 heavy (non-hydrogen) atoms. The van der Waals surface area contributed by atoms with E-state index < -0.39 is 6.85 Å². The molecular formula is C74H59BN2O3. The predicted octanol–water partition coefficient (Wildman–Crippen LogP) is 19.6. The Bertz CT molecular complexity index is 4690. The lowest BCUT2D eigenvalue weighted by Gasteiger charge is -2.44. The van der Waals surface area contributed by atoms with Crippen LogP contribution in [0, 0.1) is 0 Å². The van der Waals surface area contributed by atoms with Gasteiger partial charge in [-0.1, -0.05) is 182 Å². The van der Waals surface area contributed by atoms with Crippen molar-refractivity contribution in [3.63, 3.8) is 0 Å². The minimum atomic E-state index is -0.448. The number of fused-ring (bicyclic) bond motifs is 14. The van der Waals surface area contributed by atoms with Crippen LogP contribution in [-0.4, -0.2) is 6.85 Å². The van der Waals surface area contributed by atoms with Gasteiger partial charge in [0.2, 0.25) is 0 Å². The summed E-state index contributed by atoms with van der Waals surface area (Å²) >= 11 is 0. The summed E-state index contributed by atoms with van der Waals surface area (Å²) < 4.78 is 22.1. The molecule has 0 amide bonds. The van der Waals surface area contributed by atoms with Crippen LogP contribution in [0.25, 0.3) is 99.4 Å². The fourth-order valence-corrected chi connectivity index (χ4v) is 13.9. The molecule has 3 aliphatic rings. The van der Waals surface area contributed by atoms with Crippen molar-refractivity contribution in [2.75, 3.05) is 9.71 Å². The highest BCUT2D eigenvalue weighted by atomic mass is 16.3. The molecule has 3 aromatic heterocycles. The van der Waals surface area contributed by atoms with Crippen LogP contribution in [0.4, 0.5) is 28.4 Å². The van der Waals surface area contributed by atoms with E-state index in [0.29, 0.717) is 0 Å². The summed E-state index contributed by atoms with van der Waals surface area (Å²) in [5.41, 5.74) is 24.5. The van der Waals surface area contributed by atoms with E-state index in [1.807, 2.05) is 0 Å². The highest BCUT2D eigenvalue weighted by molar-refractivity contribution is 6.93. The minimum absolute atomic E-state index is 0.0189. The van der Waals surface area contributed by atoms with Gasteiger partial charge in [-0.15, -0.1) is 0 Å². The van der Waals surface area contributed by atoms with Crippen LogP contribution < -0.4 is 20.8 Å². The van der Waals surface area contributed by atoms with Gasteiger partial charge in [0.15, 0.2) is 0 Å². The van der Waals surface area contributed by atoms with Crippen LogP contribution in [0.1, 0.15) is 78.0 Å². The zero-order valence-corrected chi connectivity index (χ0v) is 46.2. The highest BCUT2D eigenvalue weighted by Crippen LogP contribution is 2.56. The van der Waals surface area contributed by atoms with Crippen molar-refractivity contribution in [1.82, 2.24) is 0 Å². The molecule has 0 N–H and O–H groups in total. The van der Waals surface area contributed by atoms with E-state index in [1.165, 1.54) is 22.3 Å². The van der Waals surface area contributed by atoms with Crippen LogP contribution in [0.15, 0.2) is 220 Å². The third-order valence-electron chi connectivity index (χ3n) is 18.3. The summed E-state index contributed by atoms with van der Waals surface area (Å²) in [6.07, 6.45) is 2.25. The number of nitrogens with zero attached hydrogens (tertiary/aromatic N) is 2. The quantitative estimate of drug-likeness (QED) is 0.161. The van der Waals surface area contributed by atoms with Crippen LogP contribution in [0.2, 0.25) is 0 Å². The minimum Gasteiger partial charge on any atom is -0.466 e. The third-order valence-corrected chi connectivity index (χ3v) is 18.3. The van der Waals surface area contributed by atoms with Gasteiger partial charge in [-0.25, -0.2) is 0 Å². The average Bonchev–Trinajstić information content (AvgIpc) is 4.15. The molecule has 0 saturated carbocycles. The zero-order chi connectivity index (χ0) is 54.0. The Kier molecular flexibility index (Phi) is 9.86. The fourth-order valence-electron chi connectivity index (χ4n) is 13.9. The van der Waals surface area contributed by atoms with Gasteiger partial charge < -0.3 is 23.0 Å². The Morgan fingerprint density at radius 1 is 0.425 bits per heavy atom. The second kappa shape index (κ2) is 16.8. The number of rotatable bonds is 5. The second-order valence-corrected chi connectivity index (χ2v) is 25.0. The summed E-state index contributed by atoms with van der Waals surface area (Å²) in [6.45, 7) is 16.1. The summed E-state index contributed by atoms with van der Waals surface area (Å²) in [5.74, 6) is 0. The number of furan rings is 3. The molecule has 0 radical (unpaired) electrons. The molecule has 5 nitrogen and oxygen atoms in total. The van der Waals surface area contributed by atoms with E-state index in [4.69, 9.17) is 13.3 Å². The number of hydrogen-bond donors (Lipinski definition) is 0. The lowest BCUT2D eigenvalue weighted by atomic mass is 9.45. The largest absolute Gasteiger partial charge is 0.466 e. The molecule has 0 bridgehead atoms. The van der Waals surface area contributed by atoms with Crippen molar-refractivity contribution in [1.29, 1.82) is 0 Å². The summed E-state index contributed by atoms with van der Waals surface area (Å²) in [5, 5.41) is 5.41. The molecule has 6 heteroatoms. The molecule has 13 aromatic rings. The topological polar surface area (TPSA) is 45.9 Å². The van der Waals surface area contributed by atoms with Crippen LogP contribution in [0.5, 0.6) is 0 Å². The summed E-state index contributed by atoms with van der Waals surface area (Å²) in [7, 11) is 0. The van der Waals surface area contributed by atoms with Crippen molar-refractivity contribution in [2.24, 2.45) is 0 Å². The first-order chi connectivity index (χ1) is 38.8. The molecule has 0 spiro atoms. The maximum Gasteiger partial charge on any atom is 0.376 e. The van der Waals surface area contributed by atoms with E-state index >= 15 is 0 Å². The molecule has 5 heterocycles. The lowest BCUT2D eigenvalue weighted by molar-refractivity contribution is 0.332. The standard InChI is InChI=1S/C74H59BN2O3/c1-72(2,3)49-30-33-60(52(38-49)47-23-15-10-16-24-47)76-62-41-55-51-25-17-18-26-63(51)79-70(55)67-56-39-53-54-40-58-59(74(6,7)36-35-73(58,4)5)42-65(54)78-66(53)43-61(56)77(50-31-27-46(28-32-50)44-19-11-8-12-20-44)75(68(62)67)71-69(76)57-37-48(29-34-64(57)80-71)45-21-13-9-14-22-45/h8-34,37-43H,35-36H2,1-7H3. The molecule has 0 fully saturated rings. The van der Waals surface area contributed by atoms with E-state index in [2.05, 4.69) is 264 Å². The van der Waals surface area contributed by atoms with Crippen LogP contribution in [0.3, 0.4) is 0 Å².